The van der Waals surface area contributed by atoms with Crippen molar-refractivity contribution in [1.29, 1.82) is 0 Å². The average Bonchev–Trinajstić information content (AvgIpc) is 3.29. The molecular formula is C23H24N2O4. The number of ether oxygens (including phenoxy) is 1. The highest BCUT2D eigenvalue weighted by atomic mass is 16.5. The highest BCUT2D eigenvalue weighted by molar-refractivity contribution is 5.98. The third-order valence-corrected chi connectivity index (χ3v) is 5.50. The molecule has 1 fully saturated rings. The van der Waals surface area contributed by atoms with Crippen molar-refractivity contribution in [3.05, 3.63) is 70.8 Å². The van der Waals surface area contributed by atoms with E-state index in [0.717, 1.165) is 37.1 Å². The van der Waals surface area contributed by atoms with Gasteiger partial charge in [0.25, 0.3) is 5.91 Å². The molecule has 0 unspecified atom stereocenters. The van der Waals surface area contributed by atoms with E-state index in [-0.39, 0.29) is 23.9 Å². The maximum Gasteiger partial charge on any atom is 0.339 e. The van der Waals surface area contributed by atoms with E-state index in [9.17, 15) is 14.4 Å². The Balaban J connectivity index is 1.40. The van der Waals surface area contributed by atoms with Crippen molar-refractivity contribution in [2.75, 3.05) is 19.6 Å². The zero-order valence-electron chi connectivity index (χ0n) is 16.2. The van der Waals surface area contributed by atoms with Crippen molar-refractivity contribution in [1.82, 2.24) is 10.2 Å². The Morgan fingerprint density at radius 2 is 1.83 bits per heavy atom. The van der Waals surface area contributed by atoms with E-state index >= 15 is 0 Å². The van der Waals surface area contributed by atoms with Gasteiger partial charge in [0.05, 0.1) is 5.56 Å². The van der Waals surface area contributed by atoms with Crippen LogP contribution in [0, 0.1) is 0 Å². The zero-order valence-corrected chi connectivity index (χ0v) is 16.2. The summed E-state index contributed by atoms with van der Waals surface area (Å²) in [6, 6.07) is 14.6. The minimum atomic E-state index is -0.372. The number of benzene rings is 2. The average molecular weight is 392 g/mol. The molecule has 1 atom stereocenters. The molecular weight excluding hydrogens is 368 g/mol. The molecule has 2 aliphatic heterocycles. The van der Waals surface area contributed by atoms with E-state index < -0.39 is 0 Å². The van der Waals surface area contributed by atoms with E-state index in [1.54, 1.807) is 18.2 Å². The molecule has 0 aromatic heterocycles. The van der Waals surface area contributed by atoms with Crippen molar-refractivity contribution < 1.29 is 19.1 Å². The van der Waals surface area contributed by atoms with Crippen LogP contribution in [0.4, 0.5) is 0 Å². The van der Waals surface area contributed by atoms with E-state index in [1.807, 2.05) is 35.2 Å². The van der Waals surface area contributed by atoms with Crippen molar-refractivity contribution in [2.45, 2.75) is 31.8 Å². The number of nitrogens with zero attached hydrogens (tertiary/aromatic N) is 1. The summed E-state index contributed by atoms with van der Waals surface area (Å²) in [7, 11) is 0. The normalized spacial score (nSPS) is 18.1. The molecule has 6 heteroatoms. The molecule has 1 N–H and O–H groups in total. The molecule has 0 aliphatic carbocycles. The van der Waals surface area contributed by atoms with Gasteiger partial charge < -0.3 is 15.0 Å². The van der Waals surface area contributed by atoms with Crippen LogP contribution in [0.25, 0.3) is 0 Å². The summed E-state index contributed by atoms with van der Waals surface area (Å²) in [6.45, 7) is 1.94. The van der Waals surface area contributed by atoms with Gasteiger partial charge >= 0.3 is 5.97 Å². The smallest absolute Gasteiger partial charge is 0.339 e. The van der Waals surface area contributed by atoms with Crippen molar-refractivity contribution >= 4 is 17.8 Å². The predicted molar refractivity (Wildman–Crippen MR) is 108 cm³/mol. The Morgan fingerprint density at radius 3 is 2.59 bits per heavy atom. The van der Waals surface area contributed by atoms with Gasteiger partial charge in [-0.05, 0) is 42.2 Å². The van der Waals surface area contributed by atoms with Crippen LogP contribution >= 0.6 is 0 Å². The Morgan fingerprint density at radius 1 is 1.07 bits per heavy atom. The number of carbonyl (C=O) groups is 3. The first-order valence-electron chi connectivity index (χ1n) is 10.1. The maximum atomic E-state index is 12.5. The van der Waals surface area contributed by atoms with Crippen molar-refractivity contribution in [3.63, 3.8) is 0 Å². The van der Waals surface area contributed by atoms with Crippen molar-refractivity contribution in [2.24, 2.45) is 0 Å². The van der Waals surface area contributed by atoms with Crippen LogP contribution < -0.4 is 5.32 Å². The number of carbonyl (C=O) groups excluding carboxylic acids is 3. The number of fused-ring (bicyclic) bond motifs is 1. The van der Waals surface area contributed by atoms with Gasteiger partial charge in [-0.3, -0.25) is 9.59 Å². The number of nitrogens with one attached hydrogen (secondary N) is 1. The second kappa shape index (κ2) is 8.47. The fourth-order valence-electron chi connectivity index (χ4n) is 3.90. The van der Waals surface area contributed by atoms with E-state index in [4.69, 9.17) is 4.74 Å². The highest BCUT2D eigenvalue weighted by Gasteiger charge is 2.28. The molecule has 2 aromatic rings. The number of hydrogen-bond acceptors (Lipinski definition) is 4. The van der Waals surface area contributed by atoms with Gasteiger partial charge in [0, 0.05) is 38.0 Å². The quantitative estimate of drug-likeness (QED) is 0.794. The van der Waals surface area contributed by atoms with Crippen LogP contribution in [0.15, 0.2) is 48.5 Å². The number of amides is 2. The number of esters is 1. The summed E-state index contributed by atoms with van der Waals surface area (Å²) in [4.78, 5) is 38.8. The van der Waals surface area contributed by atoms with Gasteiger partial charge in [0.2, 0.25) is 5.91 Å². The monoisotopic (exact) mass is 392 g/mol. The first kappa shape index (κ1) is 19.2. The molecule has 2 amide bonds. The second-order valence-electron chi connectivity index (χ2n) is 7.47. The number of likely N-dealkylation sites (tertiary alicyclic amines) is 1. The lowest BCUT2D eigenvalue weighted by molar-refractivity contribution is -0.129. The topological polar surface area (TPSA) is 75.7 Å². The first-order chi connectivity index (χ1) is 14.1. The number of cyclic esters (lactones) is 1. The molecule has 0 radical (unpaired) electrons. The molecule has 2 heterocycles. The van der Waals surface area contributed by atoms with Gasteiger partial charge in [-0.2, -0.15) is 0 Å². The summed E-state index contributed by atoms with van der Waals surface area (Å²) < 4.78 is 5.56. The Labute approximate surface area is 169 Å². The third kappa shape index (κ3) is 4.31. The summed E-state index contributed by atoms with van der Waals surface area (Å²) in [5, 5.41) is 2.81. The second-order valence-corrected chi connectivity index (χ2v) is 7.47. The summed E-state index contributed by atoms with van der Waals surface area (Å²) >= 11 is 0. The fourth-order valence-corrected chi connectivity index (χ4v) is 3.90. The lowest BCUT2D eigenvalue weighted by Gasteiger charge is -2.25. The van der Waals surface area contributed by atoms with Crippen LogP contribution in [-0.4, -0.2) is 42.3 Å². The summed E-state index contributed by atoms with van der Waals surface area (Å²) in [5.41, 5.74) is 2.72. The summed E-state index contributed by atoms with van der Waals surface area (Å²) in [5.74, 6) is -0.526. The standard InChI is InChI=1S/C23H24N2O4/c26-21(25-12-4-5-13-25)10-11-24-22(27)17-8-9-19-18(14-17)15-20(29-23(19)28)16-6-2-1-3-7-16/h1-3,6-9,14,20H,4-5,10-13,15H2,(H,24,27)/t20-/m1/s1. The molecule has 2 aromatic carbocycles. The van der Waals surface area contributed by atoms with Crippen LogP contribution in [0.5, 0.6) is 0 Å². The van der Waals surface area contributed by atoms with Gasteiger partial charge in [-0.15, -0.1) is 0 Å². The van der Waals surface area contributed by atoms with Crippen molar-refractivity contribution in [3.8, 4) is 0 Å². The molecule has 150 valence electrons. The Hall–Kier alpha value is -3.15. The lowest BCUT2D eigenvalue weighted by atomic mass is 9.93. The highest BCUT2D eigenvalue weighted by Crippen LogP contribution is 2.31. The van der Waals surface area contributed by atoms with E-state index in [2.05, 4.69) is 5.32 Å². The van der Waals surface area contributed by atoms with Crippen LogP contribution in [0.3, 0.4) is 0 Å². The first-order valence-corrected chi connectivity index (χ1v) is 10.1. The van der Waals surface area contributed by atoms with Crippen LogP contribution in [-0.2, 0) is 16.0 Å². The molecule has 1 saturated heterocycles. The Bertz CT molecular complexity index is 920. The minimum absolute atomic E-state index is 0.0849. The number of rotatable bonds is 5. The predicted octanol–water partition coefficient (Wildman–Crippen LogP) is 2.88. The molecule has 0 saturated carbocycles. The maximum absolute atomic E-state index is 12.5. The summed E-state index contributed by atoms with van der Waals surface area (Å²) in [6.07, 6.45) is 2.59. The molecule has 2 aliphatic rings. The van der Waals surface area contributed by atoms with E-state index in [0.29, 0.717) is 30.5 Å². The van der Waals surface area contributed by atoms with Crippen LogP contribution in [0.2, 0.25) is 0 Å². The molecule has 29 heavy (non-hydrogen) atoms. The lowest BCUT2D eigenvalue weighted by Crippen LogP contribution is -2.32. The largest absolute Gasteiger partial charge is 0.454 e. The number of hydrogen-bond donors (Lipinski definition) is 1. The van der Waals surface area contributed by atoms with Gasteiger partial charge in [0.1, 0.15) is 6.10 Å². The molecule has 6 nitrogen and oxygen atoms in total. The fraction of sp³-hybridized carbons (Fsp3) is 0.348. The SMILES string of the molecule is O=C(NCCC(=O)N1CCCC1)c1ccc2c(c1)C[C@H](c1ccccc1)OC2=O. The molecule has 4 rings (SSSR count). The molecule has 0 bridgehead atoms. The zero-order chi connectivity index (χ0) is 20.2. The van der Waals surface area contributed by atoms with Crippen LogP contribution in [0.1, 0.15) is 57.2 Å². The van der Waals surface area contributed by atoms with Gasteiger partial charge in [-0.1, -0.05) is 30.3 Å². The Kier molecular flexibility index (Phi) is 5.60. The molecule has 0 spiro atoms. The van der Waals surface area contributed by atoms with Gasteiger partial charge in [-0.25, -0.2) is 4.79 Å². The third-order valence-electron chi connectivity index (χ3n) is 5.50. The van der Waals surface area contributed by atoms with E-state index in [1.165, 1.54) is 0 Å². The minimum Gasteiger partial charge on any atom is -0.454 e. The van der Waals surface area contributed by atoms with Gasteiger partial charge in [0.15, 0.2) is 0 Å².